The molecule has 39 heavy (non-hydrogen) atoms. The molecule has 2 aromatic heterocycles. The van der Waals surface area contributed by atoms with Gasteiger partial charge in [-0.15, -0.1) is 5.10 Å². The summed E-state index contributed by atoms with van der Waals surface area (Å²) in [6.07, 6.45) is 2.71. The first-order chi connectivity index (χ1) is 18.8. The smallest absolute Gasteiger partial charge is 0.228 e. The van der Waals surface area contributed by atoms with Crippen LogP contribution in [0, 0.1) is 5.41 Å². The van der Waals surface area contributed by atoms with E-state index in [1.807, 2.05) is 61.5 Å². The van der Waals surface area contributed by atoms with Gasteiger partial charge in [-0.1, -0.05) is 49.3 Å². The number of ether oxygens (including phenoxy) is 2. The zero-order valence-electron chi connectivity index (χ0n) is 22.3. The van der Waals surface area contributed by atoms with Crippen LogP contribution in [0.2, 0.25) is 0 Å². The summed E-state index contributed by atoms with van der Waals surface area (Å²) in [5.74, 6) is 2.11. The highest BCUT2D eigenvalue weighted by molar-refractivity contribution is 6.00. The first-order valence-electron chi connectivity index (χ1n) is 12.9. The van der Waals surface area contributed by atoms with Crippen molar-refractivity contribution in [3.63, 3.8) is 0 Å². The second-order valence-electron chi connectivity index (χ2n) is 10.7. The third kappa shape index (κ3) is 4.65. The lowest BCUT2D eigenvalue weighted by molar-refractivity contribution is -0.118. The van der Waals surface area contributed by atoms with Crippen LogP contribution in [-0.2, 0) is 16.2 Å². The van der Waals surface area contributed by atoms with Crippen LogP contribution >= 0.6 is 0 Å². The predicted octanol–water partition coefficient (Wildman–Crippen LogP) is 5.24. The van der Waals surface area contributed by atoms with Crippen molar-refractivity contribution in [2.75, 3.05) is 7.11 Å². The Kier molecular flexibility index (Phi) is 6.13. The van der Waals surface area contributed by atoms with Gasteiger partial charge in [0.1, 0.15) is 17.8 Å². The maximum atomic E-state index is 13.5. The lowest BCUT2D eigenvalue weighted by Crippen LogP contribution is -2.33. The molecule has 1 aliphatic carbocycles. The highest BCUT2D eigenvalue weighted by Gasteiger charge is 2.43. The highest BCUT2D eigenvalue weighted by atomic mass is 16.6. The van der Waals surface area contributed by atoms with Crippen LogP contribution in [0.25, 0.3) is 5.65 Å². The van der Waals surface area contributed by atoms with E-state index in [0.717, 1.165) is 28.2 Å². The Labute approximate surface area is 226 Å². The average Bonchev–Trinajstić information content (AvgIpc) is 3.35. The number of allylic oxidation sites excluding steroid dienone is 2. The molecular weight excluding hydrogens is 494 g/mol. The van der Waals surface area contributed by atoms with E-state index in [1.54, 1.807) is 18.0 Å². The number of carbonyl (C=O) groups excluding carboxylic acids is 1. The van der Waals surface area contributed by atoms with Crippen molar-refractivity contribution in [1.29, 1.82) is 0 Å². The van der Waals surface area contributed by atoms with E-state index in [0.29, 0.717) is 41.5 Å². The Balaban J connectivity index is 1.35. The summed E-state index contributed by atoms with van der Waals surface area (Å²) in [6, 6.07) is 17.5. The van der Waals surface area contributed by atoms with Gasteiger partial charge in [0.05, 0.1) is 18.4 Å². The number of oxime groups is 1. The molecule has 0 amide bonds. The van der Waals surface area contributed by atoms with Crippen LogP contribution in [0.15, 0.2) is 77.4 Å². The Morgan fingerprint density at radius 3 is 2.64 bits per heavy atom. The van der Waals surface area contributed by atoms with Gasteiger partial charge < -0.3 is 14.3 Å². The van der Waals surface area contributed by atoms with Gasteiger partial charge in [-0.2, -0.15) is 0 Å². The Hall–Kier alpha value is -4.53. The second kappa shape index (κ2) is 9.65. The molecule has 0 saturated carbocycles. The SMILES string of the molecule is COc1ccc(/C(C)=N/OCc2nc3c4c(ncn3n2)OC2=C(C(=O)CC(C)(C)C2)C4c2ccccc2)cc1. The molecule has 9 nitrogen and oxygen atoms in total. The van der Waals surface area contributed by atoms with Crippen LogP contribution < -0.4 is 9.47 Å². The van der Waals surface area contributed by atoms with Gasteiger partial charge in [0, 0.05) is 24.3 Å². The number of aromatic nitrogens is 4. The van der Waals surface area contributed by atoms with Crippen molar-refractivity contribution in [2.24, 2.45) is 10.6 Å². The van der Waals surface area contributed by atoms with Crippen LogP contribution in [0.1, 0.15) is 62.0 Å². The fourth-order valence-corrected chi connectivity index (χ4v) is 5.30. The summed E-state index contributed by atoms with van der Waals surface area (Å²) in [6.45, 7) is 6.12. The van der Waals surface area contributed by atoms with E-state index in [-0.39, 0.29) is 23.7 Å². The third-order valence-electron chi connectivity index (χ3n) is 7.14. The third-order valence-corrected chi connectivity index (χ3v) is 7.14. The normalized spacial score (nSPS) is 18.4. The summed E-state index contributed by atoms with van der Waals surface area (Å²) in [5, 5.41) is 8.80. The number of carbonyl (C=O) groups is 1. The fourth-order valence-electron chi connectivity index (χ4n) is 5.30. The van der Waals surface area contributed by atoms with E-state index in [9.17, 15) is 4.79 Å². The monoisotopic (exact) mass is 523 g/mol. The number of fused-ring (bicyclic) bond motifs is 3. The minimum Gasteiger partial charge on any atom is -0.497 e. The van der Waals surface area contributed by atoms with Crippen molar-refractivity contribution in [3.8, 4) is 11.6 Å². The Bertz CT molecular complexity index is 1620. The molecular formula is C30H29N5O4. The average molecular weight is 524 g/mol. The van der Waals surface area contributed by atoms with Crippen molar-refractivity contribution < 1.29 is 19.1 Å². The lowest BCUT2D eigenvalue weighted by Gasteiger charge is -2.37. The number of Topliss-reactive ketones (excluding diaryl/α,β-unsaturated/α-hetero) is 1. The number of benzene rings is 2. The van der Waals surface area contributed by atoms with E-state index in [1.165, 1.54) is 0 Å². The summed E-state index contributed by atoms with van der Waals surface area (Å²) >= 11 is 0. The summed E-state index contributed by atoms with van der Waals surface area (Å²) in [4.78, 5) is 28.5. The molecule has 6 rings (SSSR count). The van der Waals surface area contributed by atoms with Crippen molar-refractivity contribution in [1.82, 2.24) is 19.6 Å². The summed E-state index contributed by atoms with van der Waals surface area (Å²) in [7, 11) is 1.63. The van der Waals surface area contributed by atoms with Gasteiger partial charge in [0.25, 0.3) is 0 Å². The fraction of sp³-hybridized carbons (Fsp3) is 0.300. The number of nitrogens with zero attached hydrogens (tertiary/aromatic N) is 5. The van der Waals surface area contributed by atoms with Gasteiger partial charge in [-0.05, 0) is 47.7 Å². The van der Waals surface area contributed by atoms with E-state index >= 15 is 0 Å². The van der Waals surface area contributed by atoms with Crippen LogP contribution in [0.3, 0.4) is 0 Å². The zero-order chi connectivity index (χ0) is 27.1. The minimum atomic E-state index is -0.349. The first kappa shape index (κ1) is 24.8. The number of ketones is 1. The Morgan fingerprint density at radius 2 is 1.90 bits per heavy atom. The Morgan fingerprint density at radius 1 is 1.13 bits per heavy atom. The van der Waals surface area contributed by atoms with Gasteiger partial charge in [-0.25, -0.2) is 14.5 Å². The van der Waals surface area contributed by atoms with Gasteiger partial charge >= 0.3 is 0 Å². The van der Waals surface area contributed by atoms with E-state index < -0.39 is 0 Å². The molecule has 0 spiro atoms. The summed E-state index contributed by atoms with van der Waals surface area (Å²) in [5.41, 5.74) is 4.43. The van der Waals surface area contributed by atoms with Gasteiger partial charge in [-0.3, -0.25) is 4.79 Å². The lowest BCUT2D eigenvalue weighted by atomic mass is 9.70. The van der Waals surface area contributed by atoms with Crippen LogP contribution in [0.5, 0.6) is 11.6 Å². The topological polar surface area (TPSA) is 100 Å². The second-order valence-corrected chi connectivity index (χ2v) is 10.7. The molecule has 1 atom stereocenters. The quantitative estimate of drug-likeness (QED) is 0.252. The van der Waals surface area contributed by atoms with Crippen LogP contribution in [-0.4, -0.2) is 38.2 Å². The molecule has 0 saturated heterocycles. The van der Waals surface area contributed by atoms with Crippen LogP contribution in [0.4, 0.5) is 0 Å². The molecule has 4 aromatic rings. The number of methoxy groups -OCH3 is 1. The molecule has 2 aliphatic rings. The zero-order valence-corrected chi connectivity index (χ0v) is 22.3. The molecule has 3 heterocycles. The van der Waals surface area contributed by atoms with Gasteiger partial charge in [0.15, 0.2) is 23.9 Å². The highest BCUT2D eigenvalue weighted by Crippen LogP contribution is 2.50. The van der Waals surface area contributed by atoms with Crippen molar-refractivity contribution in [2.45, 2.75) is 46.1 Å². The maximum Gasteiger partial charge on any atom is 0.228 e. The number of hydrogen-bond acceptors (Lipinski definition) is 8. The molecule has 1 unspecified atom stereocenters. The molecule has 0 fully saturated rings. The first-order valence-corrected chi connectivity index (χ1v) is 12.9. The van der Waals surface area contributed by atoms with E-state index in [2.05, 4.69) is 29.1 Å². The number of rotatable bonds is 6. The molecule has 0 radical (unpaired) electrons. The van der Waals surface area contributed by atoms with Gasteiger partial charge in [0.2, 0.25) is 5.88 Å². The molecule has 0 bridgehead atoms. The molecule has 2 aromatic carbocycles. The van der Waals surface area contributed by atoms with E-state index in [4.69, 9.17) is 19.3 Å². The molecule has 1 aliphatic heterocycles. The minimum absolute atomic E-state index is 0.0713. The molecule has 0 N–H and O–H groups in total. The van der Waals surface area contributed by atoms with Crippen molar-refractivity contribution in [3.05, 3.63) is 94.8 Å². The van der Waals surface area contributed by atoms with Crippen molar-refractivity contribution >= 4 is 17.1 Å². The predicted molar refractivity (Wildman–Crippen MR) is 145 cm³/mol. The summed E-state index contributed by atoms with van der Waals surface area (Å²) < 4.78 is 13.1. The largest absolute Gasteiger partial charge is 0.497 e. The molecule has 9 heteroatoms. The maximum absolute atomic E-state index is 13.5. The standard InChI is InChI=1S/C30H29N5O4/c1-18(19-10-12-21(37-4)13-11-19)34-38-16-24-32-28-27-25(20-8-6-5-7-9-20)26-22(36)14-30(2,3)15-23(26)39-29(27)31-17-35(28)33-24/h5-13,17,25H,14-16H2,1-4H3/b34-18+. The molecule has 198 valence electrons. The number of hydrogen-bond donors (Lipinski definition) is 0.